The van der Waals surface area contributed by atoms with Crippen molar-refractivity contribution in [2.24, 2.45) is 0 Å². The molecule has 0 aliphatic rings. The van der Waals surface area contributed by atoms with Gasteiger partial charge in [0.05, 0.1) is 34.2 Å². The lowest BCUT2D eigenvalue weighted by Gasteiger charge is -2.19. The average molecular weight is 452 g/mol. The van der Waals surface area contributed by atoms with Gasteiger partial charge >= 0.3 is 11.0 Å². The molecule has 3 heterocycles. The molecule has 0 spiro atoms. The number of fused-ring (bicyclic) bond motifs is 1. The number of anilines is 1. The number of carbonyl (C=O) groups excluding carboxylic acids is 1. The third-order valence-electron chi connectivity index (χ3n) is 4.80. The van der Waals surface area contributed by atoms with E-state index < -0.39 is 10.8 Å². The molecule has 0 aliphatic heterocycles. The molecule has 4 rings (SSSR count). The number of carbonyl (C=O) groups is 1. The van der Waals surface area contributed by atoms with Crippen LogP contribution in [0.3, 0.4) is 0 Å². The number of nitrogens with one attached hydrogen (secondary N) is 1. The fraction of sp³-hybridized carbons (Fsp3) is 0.238. The van der Waals surface area contributed by atoms with Gasteiger partial charge in [-0.3, -0.25) is 14.9 Å². The summed E-state index contributed by atoms with van der Waals surface area (Å²) in [5.74, 6) is -0.321. The molecule has 0 fully saturated rings. The Labute approximate surface area is 187 Å². The topological polar surface area (TPSA) is 125 Å². The number of benzene rings is 1. The van der Waals surface area contributed by atoms with Crippen molar-refractivity contribution in [2.45, 2.75) is 26.2 Å². The average Bonchev–Trinajstić information content (AvgIpc) is 3.41. The van der Waals surface area contributed by atoms with Gasteiger partial charge in [-0.15, -0.1) is 0 Å². The minimum absolute atomic E-state index is 0.0183. The van der Waals surface area contributed by atoms with Gasteiger partial charge in [-0.25, -0.2) is 4.68 Å². The summed E-state index contributed by atoms with van der Waals surface area (Å²) >= 11 is 0.782. The first-order valence-corrected chi connectivity index (χ1v) is 10.5. The number of hydrogen-bond donors (Lipinski definition) is 1. The molecule has 4 aromatic rings. The van der Waals surface area contributed by atoms with Gasteiger partial charge in [-0.2, -0.15) is 15.1 Å². The van der Waals surface area contributed by atoms with Crippen LogP contribution in [0.1, 0.15) is 36.0 Å². The van der Waals surface area contributed by atoms with Crippen LogP contribution < -0.4 is 10.1 Å². The summed E-state index contributed by atoms with van der Waals surface area (Å²) in [6, 6.07) is 10.7. The van der Waals surface area contributed by atoms with Crippen LogP contribution in [0.2, 0.25) is 0 Å². The lowest BCUT2D eigenvalue weighted by molar-refractivity contribution is -0.380. The first kappa shape index (κ1) is 21.4. The largest absolute Gasteiger partial charge is 0.467 e. The maximum Gasteiger partial charge on any atom is 0.324 e. The van der Waals surface area contributed by atoms with Gasteiger partial charge in [-0.05, 0) is 29.2 Å². The van der Waals surface area contributed by atoms with Gasteiger partial charge in [0.1, 0.15) is 0 Å². The molecule has 3 aromatic heterocycles. The monoisotopic (exact) mass is 452 g/mol. The van der Waals surface area contributed by atoms with E-state index in [0.29, 0.717) is 11.0 Å². The number of ether oxygens (including phenoxy) is 1. The molecule has 1 amide bonds. The van der Waals surface area contributed by atoms with Gasteiger partial charge in [-0.1, -0.05) is 44.2 Å². The van der Waals surface area contributed by atoms with E-state index in [1.54, 1.807) is 10.9 Å². The van der Waals surface area contributed by atoms with Crippen LogP contribution in [0.15, 0.2) is 42.6 Å². The second-order valence-corrected chi connectivity index (χ2v) is 9.06. The molecule has 0 radical (unpaired) electrons. The van der Waals surface area contributed by atoms with Crippen molar-refractivity contribution in [3.63, 3.8) is 0 Å². The summed E-state index contributed by atoms with van der Waals surface area (Å²) in [5, 5.41) is 18.4. The van der Waals surface area contributed by atoms with Crippen LogP contribution in [0.4, 0.5) is 10.8 Å². The summed E-state index contributed by atoms with van der Waals surface area (Å²) in [4.78, 5) is 31.8. The minimum Gasteiger partial charge on any atom is -0.467 e. The standard InChI is InChI=1S/C21H20N6O4S/c1-21(2,3)12-5-7-13(8-6-12)26-18-14(11-22-26)17(24-20(25-18)31-4)23-19(28)15-9-10-16(32-15)27(29)30/h5-11H,1-4H3,(H,23,24,25,28). The Balaban J connectivity index is 1.72. The Morgan fingerprint density at radius 2 is 1.88 bits per heavy atom. The van der Waals surface area contributed by atoms with Crippen molar-refractivity contribution in [3.05, 3.63) is 63.1 Å². The van der Waals surface area contributed by atoms with Crippen LogP contribution in [0, 0.1) is 10.1 Å². The van der Waals surface area contributed by atoms with Crippen molar-refractivity contribution in [1.82, 2.24) is 19.7 Å². The van der Waals surface area contributed by atoms with E-state index >= 15 is 0 Å². The molecule has 164 valence electrons. The highest BCUT2D eigenvalue weighted by Crippen LogP contribution is 2.29. The van der Waals surface area contributed by atoms with Crippen LogP contribution in [-0.2, 0) is 5.41 Å². The molecule has 11 heteroatoms. The zero-order chi connectivity index (χ0) is 23.0. The molecule has 0 atom stereocenters. The molecule has 1 aromatic carbocycles. The summed E-state index contributed by atoms with van der Waals surface area (Å²) in [6.45, 7) is 6.42. The first-order valence-electron chi connectivity index (χ1n) is 9.63. The van der Waals surface area contributed by atoms with Gasteiger partial charge in [0.2, 0.25) is 0 Å². The Hall–Kier alpha value is -3.86. The summed E-state index contributed by atoms with van der Waals surface area (Å²) in [6.07, 6.45) is 1.55. The molecule has 0 bridgehead atoms. The van der Waals surface area contributed by atoms with Crippen molar-refractivity contribution < 1.29 is 14.5 Å². The maximum absolute atomic E-state index is 12.6. The van der Waals surface area contributed by atoms with E-state index in [2.05, 4.69) is 41.2 Å². The minimum atomic E-state index is -0.539. The predicted octanol–water partition coefficient (Wildman–Crippen LogP) is 4.34. The summed E-state index contributed by atoms with van der Waals surface area (Å²) in [7, 11) is 1.42. The number of nitro groups is 1. The number of thiophene rings is 1. The SMILES string of the molecule is COc1nc(NC(=O)c2ccc([N+](=O)[O-])s2)c2cnn(-c3ccc(C(C)(C)C)cc3)c2n1. The van der Waals surface area contributed by atoms with Crippen LogP contribution in [-0.4, -0.2) is 37.7 Å². The van der Waals surface area contributed by atoms with E-state index in [1.807, 2.05) is 24.3 Å². The number of rotatable bonds is 5. The highest BCUT2D eigenvalue weighted by Gasteiger charge is 2.20. The smallest absolute Gasteiger partial charge is 0.324 e. The fourth-order valence-electron chi connectivity index (χ4n) is 3.08. The number of aromatic nitrogens is 4. The molecular formula is C21H20N6O4S. The lowest BCUT2D eigenvalue weighted by atomic mass is 9.87. The normalized spacial score (nSPS) is 11.5. The third-order valence-corrected chi connectivity index (χ3v) is 5.83. The van der Waals surface area contributed by atoms with E-state index in [-0.39, 0.29) is 27.1 Å². The van der Waals surface area contributed by atoms with Gasteiger partial charge in [0, 0.05) is 6.07 Å². The maximum atomic E-state index is 12.6. The van der Waals surface area contributed by atoms with Gasteiger partial charge < -0.3 is 10.1 Å². The van der Waals surface area contributed by atoms with Crippen molar-refractivity contribution in [2.75, 3.05) is 12.4 Å². The van der Waals surface area contributed by atoms with Crippen molar-refractivity contribution in [3.8, 4) is 11.7 Å². The van der Waals surface area contributed by atoms with E-state index in [4.69, 9.17) is 4.74 Å². The zero-order valence-electron chi connectivity index (χ0n) is 17.8. The van der Waals surface area contributed by atoms with Crippen molar-refractivity contribution in [1.29, 1.82) is 0 Å². The summed E-state index contributed by atoms with van der Waals surface area (Å²) in [5.41, 5.74) is 2.44. The molecule has 0 unspecified atom stereocenters. The molecule has 10 nitrogen and oxygen atoms in total. The number of nitrogens with zero attached hydrogens (tertiary/aromatic N) is 5. The Morgan fingerprint density at radius 1 is 1.16 bits per heavy atom. The quantitative estimate of drug-likeness (QED) is 0.352. The highest BCUT2D eigenvalue weighted by molar-refractivity contribution is 7.17. The van der Waals surface area contributed by atoms with Crippen LogP contribution >= 0.6 is 11.3 Å². The van der Waals surface area contributed by atoms with Crippen molar-refractivity contribution >= 4 is 39.1 Å². The Morgan fingerprint density at radius 3 is 2.47 bits per heavy atom. The third kappa shape index (κ3) is 4.02. The van der Waals surface area contributed by atoms with E-state index in [0.717, 1.165) is 17.0 Å². The number of hydrogen-bond acceptors (Lipinski definition) is 8. The van der Waals surface area contributed by atoms with Gasteiger partial charge in [0.15, 0.2) is 11.5 Å². The molecule has 1 N–H and O–H groups in total. The second-order valence-electron chi connectivity index (χ2n) is 8.00. The zero-order valence-corrected chi connectivity index (χ0v) is 18.6. The molecule has 0 saturated heterocycles. The van der Waals surface area contributed by atoms with Crippen LogP contribution in [0.5, 0.6) is 6.01 Å². The Bertz CT molecular complexity index is 1320. The first-order chi connectivity index (χ1) is 15.2. The molecule has 0 saturated carbocycles. The van der Waals surface area contributed by atoms with Crippen LogP contribution in [0.25, 0.3) is 16.7 Å². The summed E-state index contributed by atoms with van der Waals surface area (Å²) < 4.78 is 6.85. The Kier molecular flexibility index (Phi) is 5.35. The van der Waals surface area contributed by atoms with E-state index in [1.165, 1.54) is 24.8 Å². The lowest BCUT2D eigenvalue weighted by Crippen LogP contribution is -2.13. The molecule has 0 aliphatic carbocycles. The predicted molar refractivity (Wildman–Crippen MR) is 121 cm³/mol. The van der Waals surface area contributed by atoms with E-state index in [9.17, 15) is 14.9 Å². The highest BCUT2D eigenvalue weighted by atomic mass is 32.1. The fourth-order valence-corrected chi connectivity index (χ4v) is 3.80. The second kappa shape index (κ2) is 8.00. The molecular weight excluding hydrogens is 432 g/mol. The van der Waals surface area contributed by atoms with Gasteiger partial charge in [0.25, 0.3) is 5.91 Å². The number of amides is 1. The molecule has 32 heavy (non-hydrogen) atoms. The number of methoxy groups -OCH3 is 1.